The van der Waals surface area contributed by atoms with Crippen LogP contribution in [0.5, 0.6) is 17.2 Å². The van der Waals surface area contributed by atoms with E-state index in [9.17, 15) is 4.39 Å². The molecule has 0 spiro atoms. The number of hydrogen-bond acceptors (Lipinski definition) is 4. The lowest BCUT2D eigenvalue weighted by Gasteiger charge is -2.07. The summed E-state index contributed by atoms with van der Waals surface area (Å²) < 4.78 is 23.7. The van der Waals surface area contributed by atoms with Crippen molar-refractivity contribution in [1.82, 2.24) is 5.32 Å². The normalized spacial score (nSPS) is 12.7. The molecule has 1 aliphatic heterocycles. The molecule has 2 aromatic rings. The van der Waals surface area contributed by atoms with Gasteiger partial charge in [-0.2, -0.15) is 0 Å². The Morgan fingerprint density at radius 3 is 2.50 bits per heavy atom. The van der Waals surface area contributed by atoms with E-state index in [1.165, 1.54) is 12.1 Å². The topological polar surface area (TPSA) is 50.7 Å². The summed E-state index contributed by atoms with van der Waals surface area (Å²) in [5, 5.41) is 12.3. The van der Waals surface area contributed by atoms with Crippen molar-refractivity contribution < 1.29 is 19.0 Å². The lowest BCUT2D eigenvalue weighted by molar-refractivity contribution is 0.174. The van der Waals surface area contributed by atoms with Gasteiger partial charge < -0.3 is 19.9 Å². The number of fused-ring (bicyclic) bond motifs is 1. The third-order valence-electron chi connectivity index (χ3n) is 3.11. The van der Waals surface area contributed by atoms with Gasteiger partial charge in [0.25, 0.3) is 0 Å². The minimum Gasteiger partial charge on any atom is -0.505 e. The van der Waals surface area contributed by atoms with Crippen LogP contribution in [0.2, 0.25) is 0 Å². The molecule has 0 fully saturated rings. The van der Waals surface area contributed by atoms with Crippen molar-refractivity contribution in [2.24, 2.45) is 0 Å². The summed E-state index contributed by atoms with van der Waals surface area (Å²) in [6.45, 7) is 1.42. The number of nitrogens with one attached hydrogen (secondary N) is 1. The molecule has 5 heteroatoms. The van der Waals surface area contributed by atoms with Gasteiger partial charge in [-0.15, -0.1) is 0 Å². The van der Waals surface area contributed by atoms with Crippen LogP contribution >= 0.6 is 0 Å². The summed E-state index contributed by atoms with van der Waals surface area (Å²) in [5.41, 5.74) is 1.84. The minimum atomic E-state index is -0.604. The monoisotopic (exact) mass is 275 g/mol. The van der Waals surface area contributed by atoms with Gasteiger partial charge in [0.2, 0.25) is 6.79 Å². The van der Waals surface area contributed by atoms with Crippen LogP contribution in [0.1, 0.15) is 11.1 Å². The van der Waals surface area contributed by atoms with E-state index in [4.69, 9.17) is 14.6 Å². The molecule has 1 aliphatic rings. The Morgan fingerprint density at radius 2 is 1.70 bits per heavy atom. The van der Waals surface area contributed by atoms with Crippen LogP contribution in [-0.4, -0.2) is 11.9 Å². The van der Waals surface area contributed by atoms with E-state index in [0.717, 1.165) is 22.6 Å². The number of phenols is 1. The summed E-state index contributed by atoms with van der Waals surface area (Å²) in [4.78, 5) is 0. The van der Waals surface area contributed by atoms with Crippen LogP contribution in [0.25, 0.3) is 0 Å². The Labute approximate surface area is 115 Å². The van der Waals surface area contributed by atoms with Crippen molar-refractivity contribution in [2.45, 2.75) is 13.1 Å². The first-order valence-electron chi connectivity index (χ1n) is 6.29. The molecule has 0 amide bonds. The lowest BCUT2D eigenvalue weighted by Crippen LogP contribution is -2.12. The molecular weight excluding hydrogens is 261 g/mol. The molecule has 4 nitrogen and oxygen atoms in total. The molecule has 0 saturated carbocycles. The van der Waals surface area contributed by atoms with Gasteiger partial charge >= 0.3 is 0 Å². The van der Waals surface area contributed by atoms with E-state index in [1.54, 1.807) is 6.07 Å². The highest BCUT2D eigenvalue weighted by atomic mass is 19.1. The van der Waals surface area contributed by atoms with E-state index < -0.39 is 5.82 Å². The molecule has 3 rings (SSSR count). The molecule has 1 heterocycles. The number of ether oxygens (including phenoxy) is 2. The zero-order chi connectivity index (χ0) is 13.9. The molecule has 0 radical (unpaired) electrons. The molecule has 0 atom stereocenters. The predicted molar refractivity (Wildman–Crippen MR) is 71.2 cm³/mol. The maximum Gasteiger partial charge on any atom is 0.231 e. The lowest BCUT2D eigenvalue weighted by atomic mass is 10.2. The summed E-state index contributed by atoms with van der Waals surface area (Å²) in [6.07, 6.45) is 0. The SMILES string of the molecule is Oc1ccc(CNCc2ccc3c(c2)OCO3)cc1F. The fraction of sp³-hybridized carbons (Fsp3) is 0.200. The quantitative estimate of drug-likeness (QED) is 0.900. The second kappa shape index (κ2) is 5.38. The molecule has 0 saturated heterocycles. The first-order chi connectivity index (χ1) is 9.72. The maximum absolute atomic E-state index is 13.2. The average Bonchev–Trinajstić information content (AvgIpc) is 2.90. The van der Waals surface area contributed by atoms with Gasteiger partial charge in [-0.05, 0) is 35.4 Å². The maximum atomic E-state index is 13.2. The fourth-order valence-electron chi connectivity index (χ4n) is 2.06. The van der Waals surface area contributed by atoms with Crippen molar-refractivity contribution in [1.29, 1.82) is 0 Å². The number of halogens is 1. The highest BCUT2D eigenvalue weighted by molar-refractivity contribution is 5.44. The van der Waals surface area contributed by atoms with Crippen molar-refractivity contribution in [2.75, 3.05) is 6.79 Å². The molecule has 20 heavy (non-hydrogen) atoms. The van der Waals surface area contributed by atoms with Crippen molar-refractivity contribution in [3.8, 4) is 17.2 Å². The second-order valence-electron chi connectivity index (χ2n) is 4.58. The van der Waals surface area contributed by atoms with Crippen LogP contribution in [0.15, 0.2) is 36.4 Å². The van der Waals surface area contributed by atoms with Crippen molar-refractivity contribution >= 4 is 0 Å². The molecule has 2 N–H and O–H groups in total. The molecular formula is C15H14FNO3. The van der Waals surface area contributed by atoms with E-state index >= 15 is 0 Å². The van der Waals surface area contributed by atoms with Gasteiger partial charge in [-0.1, -0.05) is 12.1 Å². The minimum absolute atomic E-state index is 0.263. The predicted octanol–water partition coefficient (Wildman–Crippen LogP) is 2.55. The summed E-state index contributed by atoms with van der Waals surface area (Å²) in [6, 6.07) is 10.1. The number of aromatic hydroxyl groups is 1. The van der Waals surface area contributed by atoms with Crippen LogP contribution in [0, 0.1) is 5.82 Å². The largest absolute Gasteiger partial charge is 0.505 e. The Morgan fingerprint density at radius 1 is 1.00 bits per heavy atom. The fourth-order valence-corrected chi connectivity index (χ4v) is 2.06. The number of phenolic OH excluding ortho intramolecular Hbond substituents is 1. The molecule has 0 bridgehead atoms. The molecule has 0 unspecified atom stereocenters. The highest BCUT2D eigenvalue weighted by Gasteiger charge is 2.12. The Hall–Kier alpha value is -2.27. The Balaban J connectivity index is 1.58. The van der Waals surface area contributed by atoms with Crippen LogP contribution in [0.3, 0.4) is 0 Å². The zero-order valence-electron chi connectivity index (χ0n) is 10.7. The number of hydrogen-bond donors (Lipinski definition) is 2. The Kier molecular flexibility index (Phi) is 3.43. The average molecular weight is 275 g/mol. The summed E-state index contributed by atoms with van der Waals surface area (Å²) >= 11 is 0. The van der Waals surface area contributed by atoms with E-state index in [2.05, 4.69) is 5.32 Å². The second-order valence-corrected chi connectivity index (χ2v) is 4.58. The van der Waals surface area contributed by atoms with Gasteiger partial charge in [0.1, 0.15) is 0 Å². The molecule has 104 valence electrons. The van der Waals surface area contributed by atoms with Crippen LogP contribution < -0.4 is 14.8 Å². The van der Waals surface area contributed by atoms with E-state index in [0.29, 0.717) is 13.1 Å². The Bertz CT molecular complexity index is 631. The third kappa shape index (κ3) is 2.67. The van der Waals surface area contributed by atoms with Gasteiger partial charge in [0.05, 0.1) is 0 Å². The number of benzene rings is 2. The highest BCUT2D eigenvalue weighted by Crippen LogP contribution is 2.32. The van der Waals surface area contributed by atoms with Gasteiger partial charge in [-0.3, -0.25) is 0 Å². The summed E-state index contributed by atoms with van der Waals surface area (Å²) in [7, 11) is 0. The van der Waals surface area contributed by atoms with Gasteiger partial charge in [0, 0.05) is 13.1 Å². The zero-order valence-corrected chi connectivity index (χ0v) is 10.7. The molecule has 0 aromatic heterocycles. The van der Waals surface area contributed by atoms with Gasteiger partial charge in [-0.25, -0.2) is 4.39 Å². The van der Waals surface area contributed by atoms with Crippen molar-refractivity contribution in [3.63, 3.8) is 0 Å². The van der Waals surface area contributed by atoms with Crippen LogP contribution in [-0.2, 0) is 13.1 Å². The first kappa shape index (κ1) is 12.7. The van der Waals surface area contributed by atoms with Gasteiger partial charge in [0.15, 0.2) is 23.1 Å². The smallest absolute Gasteiger partial charge is 0.231 e. The van der Waals surface area contributed by atoms with Crippen LogP contribution in [0.4, 0.5) is 4.39 Å². The first-order valence-corrected chi connectivity index (χ1v) is 6.29. The third-order valence-corrected chi connectivity index (χ3v) is 3.11. The molecule has 0 aliphatic carbocycles. The van der Waals surface area contributed by atoms with E-state index in [-0.39, 0.29) is 12.5 Å². The van der Waals surface area contributed by atoms with E-state index in [1.807, 2.05) is 18.2 Å². The summed E-state index contributed by atoms with van der Waals surface area (Å²) in [5.74, 6) is 0.575. The molecule has 2 aromatic carbocycles. The standard InChI is InChI=1S/C15H14FNO3/c16-12-5-10(1-3-13(12)18)7-17-8-11-2-4-14-15(6-11)20-9-19-14/h1-6,17-18H,7-9H2. The van der Waals surface area contributed by atoms with Crippen molar-refractivity contribution in [3.05, 3.63) is 53.3 Å². The number of rotatable bonds is 4.